The smallest absolute Gasteiger partial charge is 0.122 e. The second kappa shape index (κ2) is 7.87. The third-order valence-electron chi connectivity index (χ3n) is 3.79. The molecule has 1 fully saturated rings. The van der Waals surface area contributed by atoms with E-state index in [0.717, 1.165) is 37.2 Å². The predicted molar refractivity (Wildman–Crippen MR) is 80.5 cm³/mol. The average Bonchev–Trinajstić information content (AvgIpc) is 2.46. The number of aliphatic hydroxyl groups is 1. The summed E-state index contributed by atoms with van der Waals surface area (Å²) in [7, 11) is 1.63. The van der Waals surface area contributed by atoms with Crippen molar-refractivity contribution in [1.82, 2.24) is 0 Å². The molecule has 0 amide bonds. The normalized spacial score (nSPS) is 20.6. The zero-order valence-electron chi connectivity index (χ0n) is 12.0. The predicted octanol–water partition coefficient (Wildman–Crippen LogP) is 3.60. The SMILES string of the molecule is COc1ccc(Cl)cc1CC(O)CCC1CCCCO1. The van der Waals surface area contributed by atoms with Crippen LogP contribution in [0.25, 0.3) is 0 Å². The van der Waals surface area contributed by atoms with E-state index in [9.17, 15) is 5.11 Å². The maximum atomic E-state index is 10.2. The number of rotatable bonds is 6. The van der Waals surface area contributed by atoms with Crippen LogP contribution in [0.2, 0.25) is 5.02 Å². The molecule has 0 spiro atoms. The molecule has 0 bridgehead atoms. The topological polar surface area (TPSA) is 38.7 Å². The first-order valence-corrected chi connectivity index (χ1v) is 7.69. The molecule has 2 atom stereocenters. The van der Waals surface area contributed by atoms with Gasteiger partial charge in [0.25, 0.3) is 0 Å². The highest BCUT2D eigenvalue weighted by molar-refractivity contribution is 6.30. The van der Waals surface area contributed by atoms with Gasteiger partial charge in [-0.05, 0) is 55.9 Å². The molecule has 1 aromatic carbocycles. The second-order valence-corrected chi connectivity index (χ2v) is 5.82. The van der Waals surface area contributed by atoms with Gasteiger partial charge in [-0.25, -0.2) is 0 Å². The second-order valence-electron chi connectivity index (χ2n) is 5.38. The number of benzene rings is 1. The van der Waals surface area contributed by atoms with Gasteiger partial charge in [0.2, 0.25) is 0 Å². The van der Waals surface area contributed by atoms with Gasteiger partial charge in [0, 0.05) is 18.1 Å². The van der Waals surface area contributed by atoms with E-state index in [0.29, 0.717) is 17.5 Å². The fraction of sp³-hybridized carbons (Fsp3) is 0.625. The lowest BCUT2D eigenvalue weighted by Crippen LogP contribution is -2.21. The van der Waals surface area contributed by atoms with Crippen LogP contribution in [0.1, 0.15) is 37.7 Å². The third kappa shape index (κ3) is 4.65. The zero-order valence-corrected chi connectivity index (χ0v) is 12.7. The molecular formula is C16H23ClO3. The molecule has 3 nitrogen and oxygen atoms in total. The molecule has 1 saturated heterocycles. The van der Waals surface area contributed by atoms with Crippen molar-refractivity contribution in [2.75, 3.05) is 13.7 Å². The molecular weight excluding hydrogens is 276 g/mol. The molecule has 2 unspecified atom stereocenters. The van der Waals surface area contributed by atoms with Crippen LogP contribution in [0.5, 0.6) is 5.75 Å². The number of hydrogen-bond donors (Lipinski definition) is 1. The van der Waals surface area contributed by atoms with Crippen molar-refractivity contribution in [2.24, 2.45) is 0 Å². The van der Waals surface area contributed by atoms with Gasteiger partial charge in [0.05, 0.1) is 19.3 Å². The Morgan fingerprint density at radius 3 is 3.00 bits per heavy atom. The highest BCUT2D eigenvalue weighted by Crippen LogP contribution is 2.25. The average molecular weight is 299 g/mol. The molecule has 1 heterocycles. The number of methoxy groups -OCH3 is 1. The maximum absolute atomic E-state index is 10.2. The fourth-order valence-corrected chi connectivity index (χ4v) is 2.87. The number of ether oxygens (including phenoxy) is 2. The van der Waals surface area contributed by atoms with E-state index in [2.05, 4.69) is 0 Å². The van der Waals surface area contributed by atoms with Gasteiger partial charge in [-0.2, -0.15) is 0 Å². The summed E-state index contributed by atoms with van der Waals surface area (Å²) in [6.45, 7) is 0.864. The molecule has 20 heavy (non-hydrogen) atoms. The van der Waals surface area contributed by atoms with Gasteiger partial charge in [0.15, 0.2) is 0 Å². The van der Waals surface area contributed by atoms with Crippen LogP contribution in [0.3, 0.4) is 0 Å². The van der Waals surface area contributed by atoms with Crippen LogP contribution >= 0.6 is 11.6 Å². The number of hydrogen-bond acceptors (Lipinski definition) is 3. The van der Waals surface area contributed by atoms with Crippen LogP contribution < -0.4 is 4.74 Å². The maximum Gasteiger partial charge on any atom is 0.122 e. The molecule has 0 saturated carbocycles. The summed E-state index contributed by atoms with van der Waals surface area (Å²) in [5.41, 5.74) is 0.956. The first kappa shape index (κ1) is 15.6. The van der Waals surface area contributed by atoms with E-state index in [-0.39, 0.29) is 6.10 Å². The van der Waals surface area contributed by atoms with Gasteiger partial charge in [-0.3, -0.25) is 0 Å². The molecule has 1 N–H and O–H groups in total. The van der Waals surface area contributed by atoms with Crippen LogP contribution in [0, 0.1) is 0 Å². The summed E-state index contributed by atoms with van der Waals surface area (Å²) in [6, 6.07) is 5.50. The molecule has 0 aliphatic carbocycles. The Morgan fingerprint density at radius 1 is 1.45 bits per heavy atom. The van der Waals surface area contributed by atoms with Gasteiger partial charge in [-0.1, -0.05) is 11.6 Å². The number of halogens is 1. The van der Waals surface area contributed by atoms with E-state index in [1.54, 1.807) is 13.2 Å². The van der Waals surface area contributed by atoms with Crippen molar-refractivity contribution in [3.63, 3.8) is 0 Å². The summed E-state index contributed by atoms with van der Waals surface area (Å²) in [5, 5.41) is 10.9. The minimum absolute atomic E-state index is 0.319. The van der Waals surface area contributed by atoms with E-state index in [4.69, 9.17) is 21.1 Å². The third-order valence-corrected chi connectivity index (χ3v) is 4.03. The van der Waals surface area contributed by atoms with Crippen molar-refractivity contribution < 1.29 is 14.6 Å². The van der Waals surface area contributed by atoms with Crippen molar-refractivity contribution in [3.8, 4) is 5.75 Å². The quantitative estimate of drug-likeness (QED) is 0.872. The zero-order chi connectivity index (χ0) is 14.4. The molecule has 2 rings (SSSR count). The van der Waals surface area contributed by atoms with Gasteiger partial charge >= 0.3 is 0 Å². The van der Waals surface area contributed by atoms with Crippen molar-refractivity contribution in [3.05, 3.63) is 28.8 Å². The molecule has 1 aromatic rings. The van der Waals surface area contributed by atoms with Crippen LogP contribution in [0.4, 0.5) is 0 Å². The fourth-order valence-electron chi connectivity index (χ4n) is 2.68. The Labute approximate surface area is 125 Å². The van der Waals surface area contributed by atoms with E-state index < -0.39 is 0 Å². The van der Waals surface area contributed by atoms with Gasteiger partial charge < -0.3 is 14.6 Å². The molecule has 112 valence electrons. The van der Waals surface area contributed by atoms with Crippen molar-refractivity contribution in [1.29, 1.82) is 0 Å². The first-order chi connectivity index (χ1) is 9.69. The van der Waals surface area contributed by atoms with Gasteiger partial charge in [0.1, 0.15) is 5.75 Å². The lowest BCUT2D eigenvalue weighted by atomic mass is 9.99. The minimum atomic E-state index is -0.382. The standard InChI is InChI=1S/C16H23ClO3/c1-19-16-8-5-13(17)10-12(16)11-14(18)6-7-15-4-2-3-9-20-15/h5,8,10,14-15,18H,2-4,6-7,9,11H2,1H3. The molecule has 4 heteroatoms. The van der Waals surface area contributed by atoms with Crippen LogP contribution in [-0.4, -0.2) is 31.0 Å². The first-order valence-electron chi connectivity index (χ1n) is 7.31. The monoisotopic (exact) mass is 298 g/mol. The Balaban J connectivity index is 1.84. The largest absolute Gasteiger partial charge is 0.496 e. The minimum Gasteiger partial charge on any atom is -0.496 e. The summed E-state index contributed by atoms with van der Waals surface area (Å²) >= 11 is 6.00. The summed E-state index contributed by atoms with van der Waals surface area (Å²) in [4.78, 5) is 0. The Morgan fingerprint density at radius 2 is 2.30 bits per heavy atom. The summed E-state index contributed by atoms with van der Waals surface area (Å²) in [6.07, 6.45) is 5.70. The Bertz CT molecular complexity index is 416. The van der Waals surface area contributed by atoms with Crippen molar-refractivity contribution >= 4 is 11.6 Å². The lowest BCUT2D eigenvalue weighted by molar-refractivity contribution is 0.00231. The van der Waals surface area contributed by atoms with E-state index >= 15 is 0 Å². The van der Waals surface area contributed by atoms with Crippen LogP contribution in [0.15, 0.2) is 18.2 Å². The highest BCUT2D eigenvalue weighted by atomic mass is 35.5. The Hall–Kier alpha value is -0.770. The molecule has 0 radical (unpaired) electrons. The molecule has 0 aromatic heterocycles. The van der Waals surface area contributed by atoms with E-state index in [1.807, 2.05) is 12.1 Å². The molecule has 1 aliphatic heterocycles. The number of aliphatic hydroxyl groups excluding tert-OH is 1. The summed E-state index contributed by atoms with van der Waals surface area (Å²) in [5.74, 6) is 0.780. The molecule has 1 aliphatic rings. The van der Waals surface area contributed by atoms with Crippen molar-refractivity contribution in [2.45, 2.75) is 50.7 Å². The Kier molecular flexibility index (Phi) is 6.14. The highest BCUT2D eigenvalue weighted by Gasteiger charge is 2.17. The van der Waals surface area contributed by atoms with E-state index in [1.165, 1.54) is 12.8 Å². The lowest BCUT2D eigenvalue weighted by Gasteiger charge is -2.23. The van der Waals surface area contributed by atoms with Gasteiger partial charge in [-0.15, -0.1) is 0 Å². The van der Waals surface area contributed by atoms with Crippen LogP contribution in [-0.2, 0) is 11.2 Å². The summed E-state index contributed by atoms with van der Waals surface area (Å²) < 4.78 is 11.0.